The predicted octanol–water partition coefficient (Wildman–Crippen LogP) is 0.967. The number of methoxy groups -OCH3 is 1. The molecule has 2 N–H and O–H groups in total. The van der Waals surface area contributed by atoms with E-state index in [0.29, 0.717) is 11.8 Å². The minimum Gasteiger partial charge on any atom is -0.481 e. The molecule has 94 valence electrons. The Morgan fingerprint density at radius 2 is 2.24 bits per heavy atom. The van der Waals surface area contributed by atoms with Gasteiger partial charge in [0.15, 0.2) is 0 Å². The van der Waals surface area contributed by atoms with Gasteiger partial charge in [0, 0.05) is 19.1 Å². The van der Waals surface area contributed by atoms with Crippen LogP contribution >= 0.6 is 0 Å². The molecule has 2 rings (SSSR count). The van der Waals surface area contributed by atoms with Crippen LogP contribution in [0, 0.1) is 12.8 Å². The number of piperidine rings is 1. The van der Waals surface area contributed by atoms with Crippen LogP contribution in [-0.2, 0) is 0 Å². The van der Waals surface area contributed by atoms with Gasteiger partial charge >= 0.3 is 0 Å². The van der Waals surface area contributed by atoms with Gasteiger partial charge in [-0.05, 0) is 19.3 Å². The molecule has 2 unspecified atom stereocenters. The minimum absolute atomic E-state index is 0.212. The highest BCUT2D eigenvalue weighted by molar-refractivity contribution is 5.50. The zero-order valence-corrected chi connectivity index (χ0v) is 10.7. The normalized spacial score (nSPS) is 24.8. The molecule has 0 spiro atoms. The molecule has 0 aromatic carbocycles. The van der Waals surface area contributed by atoms with Crippen molar-refractivity contribution in [2.24, 2.45) is 11.7 Å². The number of rotatable bonds is 2. The minimum atomic E-state index is 0.212. The van der Waals surface area contributed by atoms with Crippen LogP contribution in [0.2, 0.25) is 0 Å². The fraction of sp³-hybridized carbons (Fsp3) is 0.667. The Morgan fingerprint density at radius 3 is 2.88 bits per heavy atom. The van der Waals surface area contributed by atoms with Gasteiger partial charge in [-0.2, -0.15) is 0 Å². The topological polar surface area (TPSA) is 64.3 Å². The average Bonchev–Trinajstić information content (AvgIpc) is 2.33. The Hall–Kier alpha value is -1.36. The second kappa shape index (κ2) is 4.87. The Labute approximate surface area is 102 Å². The first-order chi connectivity index (χ1) is 8.13. The largest absolute Gasteiger partial charge is 0.481 e. The van der Waals surface area contributed by atoms with Crippen LogP contribution in [-0.4, -0.2) is 36.2 Å². The standard InChI is InChI=1S/C12H20N4O/c1-8-4-5-16(6-10(8)13)11-9(2)12(17-3)15-7-14-11/h7-8,10H,4-6,13H2,1-3H3. The number of ether oxygens (including phenoxy) is 1. The van der Waals surface area contributed by atoms with E-state index in [2.05, 4.69) is 21.8 Å². The van der Waals surface area contributed by atoms with E-state index < -0.39 is 0 Å². The van der Waals surface area contributed by atoms with Crippen LogP contribution < -0.4 is 15.4 Å². The van der Waals surface area contributed by atoms with Crippen molar-refractivity contribution in [1.82, 2.24) is 9.97 Å². The van der Waals surface area contributed by atoms with E-state index in [4.69, 9.17) is 10.5 Å². The molecule has 1 aromatic rings. The summed E-state index contributed by atoms with van der Waals surface area (Å²) in [4.78, 5) is 10.7. The van der Waals surface area contributed by atoms with E-state index in [1.54, 1.807) is 13.4 Å². The van der Waals surface area contributed by atoms with Crippen LogP contribution in [0.4, 0.5) is 5.82 Å². The third-order valence-corrected chi connectivity index (χ3v) is 3.52. The molecule has 17 heavy (non-hydrogen) atoms. The van der Waals surface area contributed by atoms with E-state index in [1.165, 1.54) is 0 Å². The zero-order valence-electron chi connectivity index (χ0n) is 10.7. The molecule has 0 saturated carbocycles. The van der Waals surface area contributed by atoms with Crippen molar-refractivity contribution in [3.63, 3.8) is 0 Å². The van der Waals surface area contributed by atoms with Crippen molar-refractivity contribution < 1.29 is 4.74 Å². The Balaban J connectivity index is 2.23. The lowest BCUT2D eigenvalue weighted by Gasteiger charge is -2.36. The third kappa shape index (κ3) is 2.34. The highest BCUT2D eigenvalue weighted by Gasteiger charge is 2.25. The second-order valence-corrected chi connectivity index (χ2v) is 4.71. The summed E-state index contributed by atoms with van der Waals surface area (Å²) < 4.78 is 5.22. The van der Waals surface area contributed by atoms with E-state index in [-0.39, 0.29) is 6.04 Å². The maximum atomic E-state index is 6.11. The van der Waals surface area contributed by atoms with Gasteiger partial charge in [0.1, 0.15) is 12.1 Å². The Bertz CT molecular complexity index is 396. The molecule has 1 aliphatic rings. The smallest absolute Gasteiger partial charge is 0.221 e. The van der Waals surface area contributed by atoms with E-state index >= 15 is 0 Å². The molecule has 1 aromatic heterocycles. The zero-order chi connectivity index (χ0) is 12.4. The van der Waals surface area contributed by atoms with Gasteiger partial charge in [-0.25, -0.2) is 9.97 Å². The predicted molar refractivity (Wildman–Crippen MR) is 67.3 cm³/mol. The Morgan fingerprint density at radius 1 is 1.47 bits per heavy atom. The summed E-state index contributed by atoms with van der Waals surface area (Å²) in [6.07, 6.45) is 2.65. The molecule has 1 fully saturated rings. The summed E-state index contributed by atoms with van der Waals surface area (Å²) in [5.41, 5.74) is 7.09. The summed E-state index contributed by atoms with van der Waals surface area (Å²) in [5.74, 6) is 2.16. The van der Waals surface area contributed by atoms with Gasteiger partial charge in [-0.15, -0.1) is 0 Å². The molecule has 5 nitrogen and oxygen atoms in total. The van der Waals surface area contributed by atoms with Gasteiger partial charge < -0.3 is 15.4 Å². The Kier molecular flexibility index (Phi) is 3.47. The van der Waals surface area contributed by atoms with Crippen LogP contribution in [0.15, 0.2) is 6.33 Å². The van der Waals surface area contributed by atoms with Gasteiger partial charge in [0.2, 0.25) is 5.88 Å². The quantitative estimate of drug-likeness (QED) is 0.829. The highest BCUT2D eigenvalue weighted by Crippen LogP contribution is 2.27. The van der Waals surface area contributed by atoms with Crippen molar-refractivity contribution in [2.45, 2.75) is 26.3 Å². The SMILES string of the molecule is COc1ncnc(N2CCC(C)C(N)C2)c1C. The third-order valence-electron chi connectivity index (χ3n) is 3.52. The van der Waals surface area contributed by atoms with Crippen molar-refractivity contribution in [1.29, 1.82) is 0 Å². The lowest BCUT2D eigenvalue weighted by molar-refractivity contribution is 0.374. The molecule has 1 saturated heterocycles. The maximum Gasteiger partial charge on any atom is 0.221 e. The van der Waals surface area contributed by atoms with E-state index in [0.717, 1.165) is 30.9 Å². The van der Waals surface area contributed by atoms with Crippen molar-refractivity contribution in [2.75, 3.05) is 25.1 Å². The number of anilines is 1. The van der Waals surface area contributed by atoms with Crippen LogP contribution in [0.5, 0.6) is 5.88 Å². The first-order valence-electron chi connectivity index (χ1n) is 5.99. The molecule has 0 bridgehead atoms. The first-order valence-corrected chi connectivity index (χ1v) is 5.99. The molecular formula is C12H20N4O. The van der Waals surface area contributed by atoms with Crippen LogP contribution in [0.1, 0.15) is 18.9 Å². The van der Waals surface area contributed by atoms with Gasteiger partial charge in [0.05, 0.1) is 12.7 Å². The molecule has 1 aliphatic heterocycles. The number of hydrogen-bond acceptors (Lipinski definition) is 5. The molecule has 2 heterocycles. The fourth-order valence-electron chi connectivity index (χ4n) is 2.24. The van der Waals surface area contributed by atoms with E-state index in [9.17, 15) is 0 Å². The summed E-state index contributed by atoms with van der Waals surface area (Å²) in [6.45, 7) is 6.03. The molecular weight excluding hydrogens is 216 g/mol. The molecule has 0 aliphatic carbocycles. The number of nitrogens with zero attached hydrogens (tertiary/aromatic N) is 3. The summed E-state index contributed by atoms with van der Waals surface area (Å²) in [7, 11) is 1.63. The average molecular weight is 236 g/mol. The van der Waals surface area contributed by atoms with Crippen molar-refractivity contribution in [3.05, 3.63) is 11.9 Å². The van der Waals surface area contributed by atoms with Gasteiger partial charge in [-0.1, -0.05) is 6.92 Å². The van der Waals surface area contributed by atoms with Crippen molar-refractivity contribution in [3.8, 4) is 5.88 Å². The fourth-order valence-corrected chi connectivity index (χ4v) is 2.24. The number of nitrogens with two attached hydrogens (primary N) is 1. The molecule has 0 radical (unpaired) electrons. The number of hydrogen-bond donors (Lipinski definition) is 1. The van der Waals surface area contributed by atoms with Crippen LogP contribution in [0.25, 0.3) is 0 Å². The van der Waals surface area contributed by atoms with Crippen LogP contribution in [0.3, 0.4) is 0 Å². The molecule has 0 amide bonds. The van der Waals surface area contributed by atoms with Crippen molar-refractivity contribution >= 4 is 5.82 Å². The summed E-state index contributed by atoms with van der Waals surface area (Å²) in [5, 5.41) is 0. The monoisotopic (exact) mass is 236 g/mol. The molecule has 2 atom stereocenters. The highest BCUT2D eigenvalue weighted by atomic mass is 16.5. The van der Waals surface area contributed by atoms with Gasteiger partial charge in [-0.3, -0.25) is 0 Å². The van der Waals surface area contributed by atoms with E-state index in [1.807, 2.05) is 6.92 Å². The first kappa shape index (κ1) is 12.1. The van der Waals surface area contributed by atoms with Gasteiger partial charge in [0.25, 0.3) is 0 Å². The summed E-state index contributed by atoms with van der Waals surface area (Å²) >= 11 is 0. The maximum absolute atomic E-state index is 6.11. The number of aromatic nitrogens is 2. The second-order valence-electron chi connectivity index (χ2n) is 4.71. The summed E-state index contributed by atoms with van der Waals surface area (Å²) in [6, 6.07) is 0.212. The lowest BCUT2D eigenvalue weighted by Crippen LogP contribution is -2.48. The lowest BCUT2D eigenvalue weighted by atomic mass is 9.94. The molecule has 5 heteroatoms.